The quantitative estimate of drug-likeness (QED) is 0.150. The van der Waals surface area contributed by atoms with Crippen LogP contribution in [0.2, 0.25) is 0 Å². The smallest absolute Gasteiger partial charge is 0.215 e. The van der Waals surface area contributed by atoms with Crippen LogP contribution in [0.15, 0.2) is 128 Å². The summed E-state index contributed by atoms with van der Waals surface area (Å²) in [5.41, 5.74) is 4.07. The van der Waals surface area contributed by atoms with Crippen molar-refractivity contribution >= 4 is 60.1 Å². The predicted molar refractivity (Wildman–Crippen MR) is 253 cm³/mol. The Morgan fingerprint density at radius 3 is 2.03 bits per heavy atom. The first-order valence-electron chi connectivity index (χ1n) is 24.7. The zero-order chi connectivity index (χ0) is 42.9. The van der Waals surface area contributed by atoms with Crippen molar-refractivity contribution in [1.29, 1.82) is 0 Å². The lowest BCUT2D eigenvalue weighted by molar-refractivity contribution is 0.0134. The number of para-hydroxylation sites is 3. The minimum absolute atomic E-state index is 0.351. The molecule has 12 rings (SSSR count). The van der Waals surface area contributed by atoms with E-state index in [1.54, 1.807) is 0 Å². The van der Waals surface area contributed by atoms with Gasteiger partial charge in [0, 0.05) is 57.8 Å². The molecule has 3 saturated carbocycles. The lowest BCUT2D eigenvalue weighted by Gasteiger charge is -2.50. The third kappa shape index (κ3) is 6.39. The van der Waals surface area contributed by atoms with E-state index in [0.717, 1.165) is 69.0 Å². The Bertz CT molecular complexity index is 3040. The van der Waals surface area contributed by atoms with E-state index in [0.29, 0.717) is 28.8 Å². The van der Waals surface area contributed by atoms with Gasteiger partial charge in [0.05, 0.1) is 34.4 Å². The summed E-state index contributed by atoms with van der Waals surface area (Å²) in [4.78, 5) is 10.2. The number of fused-ring (bicyclic) bond motifs is 7. The van der Waals surface area contributed by atoms with Crippen LogP contribution >= 0.6 is 0 Å². The van der Waals surface area contributed by atoms with Crippen molar-refractivity contribution in [2.45, 2.75) is 89.5 Å². The molecule has 1 aliphatic heterocycles. The Hall–Kier alpha value is -5.75. The number of hydrogen-bond donors (Lipinski definition) is 0. The number of aromatic nitrogens is 3. The van der Waals surface area contributed by atoms with E-state index >= 15 is 0 Å². The minimum Gasteiger partial charge on any atom is -0.457 e. The molecule has 6 aromatic carbocycles. The molecule has 0 N–H and O–H groups in total. The number of imidazole rings is 1. The summed E-state index contributed by atoms with van der Waals surface area (Å²) in [6.45, 7) is -1.61. The molecule has 0 spiro atoms. The molecule has 0 saturated heterocycles. The largest absolute Gasteiger partial charge is 0.457 e. The fourth-order valence-corrected chi connectivity index (χ4v) is 12.6. The van der Waals surface area contributed by atoms with Crippen LogP contribution in [0.5, 0.6) is 11.5 Å². The van der Waals surface area contributed by atoms with E-state index in [2.05, 4.69) is 82.9 Å². The normalized spacial score (nSPS) is 22.8. The highest BCUT2D eigenvalue weighted by Gasteiger charge is 2.44. The molecular weight excluding hydrogens is 747 g/mol. The zero-order valence-corrected chi connectivity index (χ0v) is 35.1. The third-order valence-electron chi connectivity index (χ3n) is 15.3. The van der Waals surface area contributed by atoms with Crippen LogP contribution in [0, 0.1) is 23.7 Å². The third-order valence-corrected chi connectivity index (χ3v) is 15.3. The van der Waals surface area contributed by atoms with Crippen LogP contribution in [0.1, 0.15) is 87.6 Å². The number of rotatable bonds is 7. The van der Waals surface area contributed by atoms with Crippen LogP contribution in [0.3, 0.4) is 0 Å². The lowest BCUT2D eigenvalue weighted by Crippen LogP contribution is -2.51. The van der Waals surface area contributed by atoms with Crippen LogP contribution in [-0.2, 0) is 6.98 Å². The van der Waals surface area contributed by atoms with Crippen LogP contribution < -0.4 is 9.64 Å². The Balaban J connectivity index is 0.950. The molecule has 0 radical (unpaired) electrons. The van der Waals surface area contributed by atoms with Gasteiger partial charge >= 0.3 is 0 Å². The lowest BCUT2D eigenvalue weighted by atomic mass is 9.62. The van der Waals surface area contributed by atoms with Gasteiger partial charge in [-0.25, -0.2) is 4.98 Å². The summed E-state index contributed by atoms with van der Waals surface area (Å²) < 4.78 is 36.3. The number of hydrogen-bond acceptors (Lipinski definition) is 4. The molecule has 3 aliphatic carbocycles. The fourth-order valence-electron chi connectivity index (χ4n) is 12.6. The van der Waals surface area contributed by atoms with E-state index in [-0.39, 0.29) is 0 Å². The molecule has 3 heterocycles. The molecule has 308 valence electrons. The van der Waals surface area contributed by atoms with Gasteiger partial charge in [0.15, 0.2) is 0 Å². The second kappa shape index (κ2) is 15.3. The molecule has 61 heavy (non-hydrogen) atoms. The van der Waals surface area contributed by atoms with E-state index < -0.39 is 6.98 Å². The first-order chi connectivity index (χ1) is 31.4. The van der Waals surface area contributed by atoms with Crippen molar-refractivity contribution in [3.8, 4) is 17.4 Å². The van der Waals surface area contributed by atoms with Crippen LogP contribution in [0.4, 0.5) is 5.69 Å². The highest BCUT2D eigenvalue weighted by atomic mass is 16.5. The number of nitrogens with zero attached hydrogens (tertiary/aromatic N) is 5. The highest BCUT2D eigenvalue weighted by Crippen LogP contribution is 2.49. The molecule has 2 atom stereocenters. The summed E-state index contributed by atoms with van der Waals surface area (Å²) in [5.74, 6) is 5.01. The van der Waals surface area contributed by atoms with Gasteiger partial charge in [0.2, 0.25) is 5.95 Å². The molecule has 0 bridgehead atoms. The Morgan fingerprint density at radius 1 is 0.557 bits per heavy atom. The van der Waals surface area contributed by atoms with Crippen molar-refractivity contribution in [1.82, 2.24) is 19.0 Å². The SMILES string of the molecule is [2H]C([2H])([2H])n1c(-n2c3ccccc3c3ccc(Oc4cc(N5C=CN(C6C(C7CCCCC7)CCCC6C6CCCCC6)C5)c5ccc6ccccc6c5c4)cc32)nc2ccccc21. The van der Waals surface area contributed by atoms with Gasteiger partial charge in [0.25, 0.3) is 0 Å². The molecule has 2 aromatic heterocycles. The minimum atomic E-state index is -2.45. The maximum Gasteiger partial charge on any atom is 0.215 e. The van der Waals surface area contributed by atoms with Gasteiger partial charge in [-0.3, -0.25) is 4.57 Å². The van der Waals surface area contributed by atoms with Crippen molar-refractivity contribution < 1.29 is 8.85 Å². The first kappa shape index (κ1) is 33.9. The van der Waals surface area contributed by atoms with Crippen molar-refractivity contribution in [3.63, 3.8) is 0 Å². The van der Waals surface area contributed by atoms with Crippen molar-refractivity contribution in [2.24, 2.45) is 30.6 Å². The van der Waals surface area contributed by atoms with Gasteiger partial charge in [-0.05, 0) is 89.1 Å². The number of ether oxygens (including phenoxy) is 1. The summed E-state index contributed by atoms with van der Waals surface area (Å²) in [6.07, 6.45) is 23.0. The summed E-state index contributed by atoms with van der Waals surface area (Å²) >= 11 is 0. The summed E-state index contributed by atoms with van der Waals surface area (Å²) in [5, 5.41) is 6.80. The first-order valence-corrected chi connectivity index (χ1v) is 23.2. The Kier molecular flexibility index (Phi) is 8.51. The highest BCUT2D eigenvalue weighted by molar-refractivity contribution is 6.12. The Morgan fingerprint density at radius 2 is 1.25 bits per heavy atom. The number of benzene rings is 6. The standard InChI is InChI=1S/C55H57N5O/c1-57-51-26-13-11-24-49(51)56-55(57)60-50-25-12-10-21-45(50)46-30-28-40(34-53(46)60)61-41-33-48-42-20-9-8-19-39(42)27-29-47(48)52(35-41)58-31-32-59(36-58)54-43(37-15-4-2-5-16-37)22-14-23-44(54)38-17-6-3-7-18-38/h8-13,19-21,24-35,37-38,43-44,54H,2-7,14-18,22-23,36H2,1H3/i1D3. The molecule has 2 unspecified atom stereocenters. The summed E-state index contributed by atoms with van der Waals surface area (Å²) in [7, 11) is 0. The second-order valence-corrected chi connectivity index (χ2v) is 18.7. The average Bonchev–Trinajstić information content (AvgIpc) is 4.06. The molecular formula is C55H57N5O. The molecule has 3 fully saturated rings. The van der Waals surface area contributed by atoms with E-state index in [1.165, 1.54) is 104 Å². The number of aryl methyl sites for hydroxylation is 1. The summed E-state index contributed by atoms with van der Waals surface area (Å²) in [6, 6.07) is 40.0. The molecule has 0 amide bonds. The van der Waals surface area contributed by atoms with Gasteiger partial charge < -0.3 is 19.1 Å². The monoisotopic (exact) mass is 806 g/mol. The van der Waals surface area contributed by atoms with E-state index in [1.807, 2.05) is 59.2 Å². The predicted octanol–water partition coefficient (Wildman–Crippen LogP) is 14.3. The van der Waals surface area contributed by atoms with Gasteiger partial charge in [-0.15, -0.1) is 0 Å². The van der Waals surface area contributed by atoms with E-state index in [4.69, 9.17) is 13.8 Å². The van der Waals surface area contributed by atoms with Gasteiger partial charge in [0.1, 0.15) is 11.5 Å². The maximum absolute atomic E-state index is 8.63. The molecule has 6 heteroatoms. The van der Waals surface area contributed by atoms with Crippen molar-refractivity contribution in [3.05, 3.63) is 128 Å². The topological polar surface area (TPSA) is 38.5 Å². The molecule has 4 aliphatic rings. The maximum atomic E-state index is 8.63. The van der Waals surface area contributed by atoms with E-state index in [9.17, 15) is 0 Å². The molecule has 6 nitrogen and oxygen atoms in total. The van der Waals surface area contributed by atoms with Crippen LogP contribution in [-0.4, -0.2) is 31.7 Å². The second-order valence-electron chi connectivity index (χ2n) is 18.7. The average molecular weight is 807 g/mol. The van der Waals surface area contributed by atoms with Gasteiger partial charge in [-0.1, -0.05) is 137 Å². The van der Waals surface area contributed by atoms with Crippen LogP contribution in [0.25, 0.3) is 60.3 Å². The number of anilines is 1. The molecule has 8 aromatic rings. The van der Waals surface area contributed by atoms with Crippen molar-refractivity contribution in [2.75, 3.05) is 11.6 Å². The zero-order valence-electron chi connectivity index (χ0n) is 38.1. The Labute approximate surface area is 363 Å². The fraction of sp³-hybridized carbons (Fsp3) is 0.364. The van der Waals surface area contributed by atoms with Gasteiger partial charge in [-0.2, -0.15) is 0 Å².